The fraction of sp³-hybridized carbons (Fsp3) is 0.517. The zero-order valence-corrected chi connectivity index (χ0v) is 20.5. The van der Waals surface area contributed by atoms with E-state index in [0.717, 1.165) is 62.9 Å². The third kappa shape index (κ3) is 5.44. The van der Waals surface area contributed by atoms with E-state index < -0.39 is 6.10 Å². The van der Waals surface area contributed by atoms with Crippen LogP contribution in [0.4, 0.5) is 5.69 Å². The number of hydrogen-bond acceptors (Lipinski definition) is 4. The molecule has 6 heteroatoms. The summed E-state index contributed by atoms with van der Waals surface area (Å²) in [5.41, 5.74) is 4.78. The van der Waals surface area contributed by atoms with Crippen LogP contribution >= 0.6 is 0 Å². The highest BCUT2D eigenvalue weighted by Gasteiger charge is 2.41. The smallest absolute Gasteiger partial charge is 0.251 e. The fourth-order valence-corrected chi connectivity index (χ4v) is 6.06. The van der Waals surface area contributed by atoms with Crippen molar-refractivity contribution < 1.29 is 14.7 Å². The molecule has 2 aromatic carbocycles. The SMILES string of the molecule is O=C(NC[C@H](O)CN1CCc2ccccc2C1)c1ccc2c(c1)NC(=O)C1(CCCCCCC1)C2. The molecule has 1 saturated carbocycles. The third-order valence-corrected chi connectivity index (χ3v) is 8.12. The number of rotatable bonds is 5. The molecule has 5 rings (SSSR count). The van der Waals surface area contributed by atoms with Crippen LogP contribution in [0.15, 0.2) is 42.5 Å². The quantitative estimate of drug-likeness (QED) is 0.609. The summed E-state index contributed by atoms with van der Waals surface area (Å²) < 4.78 is 0. The molecule has 0 radical (unpaired) electrons. The summed E-state index contributed by atoms with van der Waals surface area (Å²) in [6.45, 7) is 2.46. The second kappa shape index (κ2) is 10.5. The normalized spacial score (nSPS) is 20.7. The summed E-state index contributed by atoms with van der Waals surface area (Å²) in [6.07, 6.45) is 8.89. The summed E-state index contributed by atoms with van der Waals surface area (Å²) in [5, 5.41) is 16.5. The molecule has 2 amide bonds. The number of aliphatic hydroxyl groups excluding tert-OH is 1. The van der Waals surface area contributed by atoms with Crippen LogP contribution in [-0.2, 0) is 24.2 Å². The van der Waals surface area contributed by atoms with Crippen LogP contribution in [0.3, 0.4) is 0 Å². The van der Waals surface area contributed by atoms with Gasteiger partial charge in [0.2, 0.25) is 5.91 Å². The van der Waals surface area contributed by atoms with Gasteiger partial charge in [-0.1, -0.05) is 62.4 Å². The monoisotopic (exact) mass is 475 g/mol. The van der Waals surface area contributed by atoms with Crippen LogP contribution in [0.25, 0.3) is 0 Å². The van der Waals surface area contributed by atoms with Crippen molar-refractivity contribution in [3.05, 3.63) is 64.7 Å². The number of amides is 2. The van der Waals surface area contributed by atoms with Crippen molar-refractivity contribution in [3.8, 4) is 0 Å². The molecular formula is C29H37N3O3. The van der Waals surface area contributed by atoms with Gasteiger partial charge in [0, 0.05) is 37.4 Å². The minimum absolute atomic E-state index is 0.114. The first-order valence-corrected chi connectivity index (χ1v) is 13.2. The number of aliphatic hydroxyl groups is 1. The number of β-amino-alcohol motifs (C(OH)–C–C–N with tert-alkyl or cyclic N) is 1. The Bertz CT molecular complexity index is 1070. The van der Waals surface area contributed by atoms with E-state index in [1.807, 2.05) is 12.1 Å². The van der Waals surface area contributed by atoms with Gasteiger partial charge in [0.1, 0.15) is 0 Å². The van der Waals surface area contributed by atoms with Crippen LogP contribution < -0.4 is 10.6 Å². The lowest BCUT2D eigenvalue weighted by Crippen LogP contribution is -2.43. The zero-order chi connectivity index (χ0) is 24.3. The van der Waals surface area contributed by atoms with Crippen molar-refractivity contribution in [1.82, 2.24) is 10.2 Å². The highest BCUT2D eigenvalue weighted by molar-refractivity contribution is 6.01. The number of fused-ring (bicyclic) bond motifs is 2. The molecule has 2 heterocycles. The van der Waals surface area contributed by atoms with Crippen molar-refractivity contribution in [2.45, 2.75) is 70.4 Å². The molecule has 2 aromatic rings. The minimum atomic E-state index is -0.638. The highest BCUT2D eigenvalue weighted by atomic mass is 16.3. The first-order valence-electron chi connectivity index (χ1n) is 13.2. The van der Waals surface area contributed by atoms with Crippen molar-refractivity contribution in [2.75, 3.05) is 25.0 Å². The van der Waals surface area contributed by atoms with Crippen LogP contribution in [0, 0.1) is 5.41 Å². The molecule has 0 saturated heterocycles. The minimum Gasteiger partial charge on any atom is -0.390 e. The van der Waals surface area contributed by atoms with E-state index in [4.69, 9.17) is 0 Å². The van der Waals surface area contributed by atoms with Gasteiger partial charge in [0.05, 0.1) is 11.5 Å². The lowest BCUT2D eigenvalue weighted by molar-refractivity contribution is -0.127. The Morgan fingerprint density at radius 1 is 1.03 bits per heavy atom. The molecular weight excluding hydrogens is 438 g/mol. The molecule has 35 heavy (non-hydrogen) atoms. The van der Waals surface area contributed by atoms with E-state index >= 15 is 0 Å². The maximum absolute atomic E-state index is 13.1. The predicted octanol–water partition coefficient (Wildman–Crippen LogP) is 4.06. The molecule has 2 aliphatic heterocycles. The molecule has 0 aromatic heterocycles. The van der Waals surface area contributed by atoms with Crippen LogP contribution in [0.1, 0.15) is 72.0 Å². The lowest BCUT2D eigenvalue weighted by atomic mass is 9.69. The van der Waals surface area contributed by atoms with Gasteiger partial charge in [-0.05, 0) is 54.5 Å². The Hall–Kier alpha value is -2.70. The molecule has 0 bridgehead atoms. The summed E-state index contributed by atoms with van der Waals surface area (Å²) in [7, 11) is 0. The van der Waals surface area contributed by atoms with Gasteiger partial charge in [-0.25, -0.2) is 0 Å². The van der Waals surface area contributed by atoms with Gasteiger partial charge >= 0.3 is 0 Å². The number of nitrogens with zero attached hydrogens (tertiary/aromatic N) is 1. The first-order chi connectivity index (χ1) is 17.0. The maximum Gasteiger partial charge on any atom is 0.251 e. The Kier molecular flexibility index (Phi) is 7.21. The topological polar surface area (TPSA) is 81.7 Å². The van der Waals surface area contributed by atoms with E-state index in [9.17, 15) is 14.7 Å². The molecule has 186 valence electrons. The average molecular weight is 476 g/mol. The number of benzene rings is 2. The molecule has 3 N–H and O–H groups in total. The van der Waals surface area contributed by atoms with Crippen LogP contribution in [0.5, 0.6) is 0 Å². The number of hydrogen-bond donors (Lipinski definition) is 3. The zero-order valence-electron chi connectivity index (χ0n) is 20.5. The van der Waals surface area contributed by atoms with Crippen molar-refractivity contribution in [2.24, 2.45) is 5.41 Å². The van der Waals surface area contributed by atoms with E-state index in [-0.39, 0.29) is 23.8 Å². The van der Waals surface area contributed by atoms with Gasteiger partial charge < -0.3 is 15.7 Å². The summed E-state index contributed by atoms with van der Waals surface area (Å²) in [5.74, 6) is -0.112. The molecule has 6 nitrogen and oxygen atoms in total. The lowest BCUT2D eigenvalue weighted by Gasteiger charge is -2.38. The molecule has 1 spiro atoms. The second-order valence-corrected chi connectivity index (χ2v) is 10.7. The molecule has 1 fully saturated rings. The molecule has 1 aliphatic carbocycles. The summed E-state index contributed by atoms with van der Waals surface area (Å²) >= 11 is 0. The van der Waals surface area contributed by atoms with Crippen LogP contribution in [0.2, 0.25) is 0 Å². The Morgan fingerprint density at radius 3 is 2.57 bits per heavy atom. The van der Waals surface area contributed by atoms with Crippen LogP contribution in [-0.4, -0.2) is 47.6 Å². The van der Waals surface area contributed by atoms with Crippen molar-refractivity contribution >= 4 is 17.5 Å². The fourth-order valence-electron chi connectivity index (χ4n) is 6.06. The second-order valence-electron chi connectivity index (χ2n) is 10.7. The van der Waals surface area contributed by atoms with Gasteiger partial charge in [-0.15, -0.1) is 0 Å². The highest BCUT2D eigenvalue weighted by Crippen LogP contribution is 2.43. The van der Waals surface area contributed by atoms with Gasteiger partial charge in [-0.3, -0.25) is 14.5 Å². The van der Waals surface area contributed by atoms with E-state index in [1.54, 1.807) is 6.07 Å². The summed E-state index contributed by atoms with van der Waals surface area (Å²) in [4.78, 5) is 28.1. The van der Waals surface area contributed by atoms with E-state index in [2.05, 4.69) is 39.8 Å². The summed E-state index contributed by atoms with van der Waals surface area (Å²) in [6, 6.07) is 14.1. The van der Waals surface area contributed by atoms with Gasteiger partial charge in [-0.2, -0.15) is 0 Å². The van der Waals surface area contributed by atoms with Gasteiger partial charge in [0.25, 0.3) is 5.91 Å². The maximum atomic E-state index is 13.1. The van der Waals surface area contributed by atoms with E-state index in [0.29, 0.717) is 12.1 Å². The molecule has 0 unspecified atom stereocenters. The first kappa shape index (κ1) is 24.0. The van der Waals surface area contributed by atoms with Crippen molar-refractivity contribution in [3.63, 3.8) is 0 Å². The van der Waals surface area contributed by atoms with Gasteiger partial charge in [0.15, 0.2) is 0 Å². The third-order valence-electron chi connectivity index (χ3n) is 8.12. The largest absolute Gasteiger partial charge is 0.390 e. The molecule has 1 atom stereocenters. The number of carbonyl (C=O) groups is 2. The standard InChI is InChI=1S/C29H37N3O3/c33-25(20-32-15-12-21-8-4-5-9-24(21)19-32)18-30-27(34)22-10-11-23-17-29(28(35)31-26(23)16-22)13-6-2-1-3-7-14-29/h4-5,8-11,16,25,33H,1-3,6-7,12-15,17-20H2,(H,30,34)(H,31,35)/t25-/m0/s1. The number of nitrogens with one attached hydrogen (secondary N) is 2. The number of carbonyl (C=O) groups excluding carboxylic acids is 2. The van der Waals surface area contributed by atoms with E-state index in [1.165, 1.54) is 30.4 Å². The Labute approximate surface area is 208 Å². The Morgan fingerprint density at radius 2 is 1.77 bits per heavy atom. The predicted molar refractivity (Wildman–Crippen MR) is 137 cm³/mol. The number of anilines is 1. The average Bonchev–Trinajstić information content (AvgIpc) is 2.85. The Balaban J connectivity index is 1.16. The molecule has 3 aliphatic rings. The van der Waals surface area contributed by atoms with Crippen molar-refractivity contribution in [1.29, 1.82) is 0 Å².